The lowest BCUT2D eigenvalue weighted by molar-refractivity contribution is 0.400. The molecule has 0 bridgehead atoms. The Bertz CT molecular complexity index is 326. The molecule has 2 unspecified atom stereocenters. The van der Waals surface area contributed by atoms with E-state index in [0.29, 0.717) is 5.92 Å². The number of rotatable bonds is 3. The number of hydrogen-bond acceptors (Lipinski definition) is 3. The summed E-state index contributed by atoms with van der Waals surface area (Å²) in [5, 5.41) is 0.803. The minimum absolute atomic E-state index is 0.189. The number of hydrogen-bond donors (Lipinski definition) is 2. The SMILES string of the molecule is NNC(c1ccccc1Cl)C1CCSC1. The summed E-state index contributed by atoms with van der Waals surface area (Å²) in [6.45, 7) is 0. The minimum Gasteiger partial charge on any atom is -0.271 e. The molecule has 2 nitrogen and oxygen atoms in total. The standard InChI is InChI=1S/C11H15ClN2S/c12-10-4-2-1-3-9(10)11(14-13)8-5-6-15-7-8/h1-4,8,11,14H,5-7,13H2. The molecule has 1 fully saturated rings. The highest BCUT2D eigenvalue weighted by molar-refractivity contribution is 7.99. The molecule has 0 aromatic heterocycles. The van der Waals surface area contributed by atoms with Crippen LogP contribution in [0.2, 0.25) is 5.02 Å². The van der Waals surface area contributed by atoms with Crippen LogP contribution < -0.4 is 11.3 Å². The molecule has 82 valence electrons. The summed E-state index contributed by atoms with van der Waals surface area (Å²) in [5.41, 5.74) is 4.02. The second-order valence-corrected chi connectivity index (χ2v) is 5.35. The van der Waals surface area contributed by atoms with Gasteiger partial charge < -0.3 is 0 Å². The molecule has 2 atom stereocenters. The van der Waals surface area contributed by atoms with Crippen molar-refractivity contribution in [2.75, 3.05) is 11.5 Å². The molecule has 3 N–H and O–H groups in total. The van der Waals surface area contributed by atoms with Crippen LogP contribution in [0, 0.1) is 5.92 Å². The largest absolute Gasteiger partial charge is 0.271 e. The van der Waals surface area contributed by atoms with Crippen LogP contribution in [0.4, 0.5) is 0 Å². The molecule has 2 rings (SSSR count). The topological polar surface area (TPSA) is 38.0 Å². The van der Waals surface area contributed by atoms with Gasteiger partial charge >= 0.3 is 0 Å². The van der Waals surface area contributed by atoms with Crippen LogP contribution in [0.3, 0.4) is 0 Å². The number of nitrogens with two attached hydrogens (primary N) is 1. The molecule has 15 heavy (non-hydrogen) atoms. The van der Waals surface area contributed by atoms with Crippen LogP contribution in [0.15, 0.2) is 24.3 Å². The summed E-state index contributed by atoms with van der Waals surface area (Å²) >= 11 is 8.16. The van der Waals surface area contributed by atoms with Crippen molar-refractivity contribution in [2.24, 2.45) is 11.8 Å². The zero-order valence-corrected chi connectivity index (χ0v) is 10.0. The van der Waals surface area contributed by atoms with Crippen LogP contribution in [0.1, 0.15) is 18.0 Å². The van der Waals surface area contributed by atoms with E-state index in [1.54, 1.807) is 0 Å². The van der Waals surface area contributed by atoms with Gasteiger partial charge in [0.05, 0.1) is 6.04 Å². The maximum atomic E-state index is 6.17. The molecule has 1 saturated heterocycles. The van der Waals surface area contributed by atoms with E-state index >= 15 is 0 Å². The number of halogens is 1. The molecular formula is C11H15ClN2S. The third-order valence-electron chi connectivity index (χ3n) is 2.86. The first-order valence-electron chi connectivity index (χ1n) is 5.11. The zero-order chi connectivity index (χ0) is 10.7. The first kappa shape index (κ1) is 11.3. The smallest absolute Gasteiger partial charge is 0.0511 e. The maximum Gasteiger partial charge on any atom is 0.0511 e. The molecule has 1 aliphatic heterocycles. The van der Waals surface area contributed by atoms with E-state index in [0.717, 1.165) is 10.6 Å². The van der Waals surface area contributed by atoms with Crippen molar-refractivity contribution < 1.29 is 0 Å². The first-order chi connectivity index (χ1) is 7.33. The molecule has 0 radical (unpaired) electrons. The third kappa shape index (κ3) is 2.48. The third-order valence-corrected chi connectivity index (χ3v) is 4.39. The van der Waals surface area contributed by atoms with Crippen molar-refractivity contribution in [3.8, 4) is 0 Å². The highest BCUT2D eigenvalue weighted by Gasteiger charge is 2.26. The molecular weight excluding hydrogens is 228 g/mol. The van der Waals surface area contributed by atoms with Crippen LogP contribution in [0.5, 0.6) is 0 Å². The molecule has 0 amide bonds. The Kier molecular flexibility index (Phi) is 3.92. The molecule has 1 aromatic rings. The van der Waals surface area contributed by atoms with Gasteiger partial charge in [0.1, 0.15) is 0 Å². The Labute approximate surface area is 99.5 Å². The van der Waals surface area contributed by atoms with E-state index in [9.17, 15) is 0 Å². The lowest BCUT2D eigenvalue weighted by Crippen LogP contribution is -2.33. The molecule has 0 saturated carbocycles. The first-order valence-corrected chi connectivity index (χ1v) is 6.64. The van der Waals surface area contributed by atoms with Gasteiger partial charge in [-0.15, -0.1) is 0 Å². The number of hydrazine groups is 1. The van der Waals surface area contributed by atoms with Gasteiger partial charge in [-0.1, -0.05) is 29.8 Å². The Morgan fingerprint density at radius 2 is 2.27 bits per heavy atom. The summed E-state index contributed by atoms with van der Waals surface area (Å²) in [7, 11) is 0. The quantitative estimate of drug-likeness (QED) is 0.632. The van der Waals surface area contributed by atoms with Crippen molar-refractivity contribution in [2.45, 2.75) is 12.5 Å². The zero-order valence-electron chi connectivity index (χ0n) is 8.45. The average Bonchev–Trinajstić information content (AvgIpc) is 2.75. The average molecular weight is 243 g/mol. The molecule has 4 heteroatoms. The summed E-state index contributed by atoms with van der Waals surface area (Å²) in [4.78, 5) is 0. The van der Waals surface area contributed by atoms with Crippen molar-refractivity contribution in [3.05, 3.63) is 34.9 Å². The van der Waals surface area contributed by atoms with Crippen LogP contribution in [-0.4, -0.2) is 11.5 Å². The highest BCUT2D eigenvalue weighted by Crippen LogP contribution is 2.36. The predicted octanol–water partition coefficient (Wildman–Crippen LogP) is 2.60. The normalized spacial score (nSPS) is 22.9. The Morgan fingerprint density at radius 3 is 2.87 bits per heavy atom. The van der Waals surface area contributed by atoms with Gasteiger partial charge in [0.25, 0.3) is 0 Å². The predicted molar refractivity (Wildman–Crippen MR) is 66.9 cm³/mol. The van der Waals surface area contributed by atoms with E-state index in [1.807, 2.05) is 30.0 Å². The van der Waals surface area contributed by atoms with E-state index < -0.39 is 0 Å². The molecule has 1 heterocycles. The van der Waals surface area contributed by atoms with Crippen molar-refractivity contribution in [3.63, 3.8) is 0 Å². The lowest BCUT2D eigenvalue weighted by Gasteiger charge is -2.23. The fraction of sp³-hybridized carbons (Fsp3) is 0.455. The minimum atomic E-state index is 0.189. The van der Waals surface area contributed by atoms with Crippen molar-refractivity contribution >= 4 is 23.4 Å². The molecule has 1 aromatic carbocycles. The molecule has 1 aliphatic rings. The van der Waals surface area contributed by atoms with Gasteiger partial charge in [-0.05, 0) is 35.5 Å². The Balaban J connectivity index is 2.22. The number of nitrogens with one attached hydrogen (secondary N) is 1. The summed E-state index contributed by atoms with van der Waals surface area (Å²) in [6, 6.07) is 8.11. The summed E-state index contributed by atoms with van der Waals surface area (Å²) in [6.07, 6.45) is 1.21. The van der Waals surface area contributed by atoms with Gasteiger partial charge in [-0.2, -0.15) is 11.8 Å². The van der Waals surface area contributed by atoms with E-state index in [-0.39, 0.29) is 6.04 Å². The highest BCUT2D eigenvalue weighted by atomic mass is 35.5. The van der Waals surface area contributed by atoms with E-state index in [1.165, 1.54) is 17.9 Å². The summed E-state index contributed by atoms with van der Waals surface area (Å²) in [5.74, 6) is 8.63. The Hall–Kier alpha value is -0.220. The molecule has 0 spiro atoms. The van der Waals surface area contributed by atoms with Crippen LogP contribution in [0.25, 0.3) is 0 Å². The number of benzene rings is 1. The van der Waals surface area contributed by atoms with Gasteiger partial charge in [-0.3, -0.25) is 11.3 Å². The molecule has 0 aliphatic carbocycles. The van der Waals surface area contributed by atoms with Crippen LogP contribution >= 0.6 is 23.4 Å². The van der Waals surface area contributed by atoms with Gasteiger partial charge in [-0.25, -0.2) is 0 Å². The van der Waals surface area contributed by atoms with E-state index in [2.05, 4.69) is 11.5 Å². The Morgan fingerprint density at radius 1 is 1.47 bits per heavy atom. The van der Waals surface area contributed by atoms with E-state index in [4.69, 9.17) is 17.4 Å². The monoisotopic (exact) mass is 242 g/mol. The van der Waals surface area contributed by atoms with Crippen LogP contribution in [-0.2, 0) is 0 Å². The number of thioether (sulfide) groups is 1. The summed E-state index contributed by atoms with van der Waals surface area (Å²) < 4.78 is 0. The second kappa shape index (κ2) is 5.21. The van der Waals surface area contributed by atoms with Gasteiger partial charge in [0.15, 0.2) is 0 Å². The van der Waals surface area contributed by atoms with Crippen molar-refractivity contribution in [1.29, 1.82) is 0 Å². The fourth-order valence-electron chi connectivity index (χ4n) is 2.02. The second-order valence-electron chi connectivity index (χ2n) is 3.79. The van der Waals surface area contributed by atoms with Gasteiger partial charge in [0.2, 0.25) is 0 Å². The van der Waals surface area contributed by atoms with Crippen molar-refractivity contribution in [1.82, 2.24) is 5.43 Å². The maximum absolute atomic E-state index is 6.17. The fourth-order valence-corrected chi connectivity index (χ4v) is 3.57. The van der Waals surface area contributed by atoms with Gasteiger partial charge in [0, 0.05) is 5.02 Å². The lowest BCUT2D eigenvalue weighted by atomic mass is 9.93.